The van der Waals surface area contributed by atoms with Crippen molar-refractivity contribution < 1.29 is 19.2 Å². The Morgan fingerprint density at radius 3 is 2.19 bits per heavy atom. The highest BCUT2D eigenvalue weighted by Crippen LogP contribution is 2.23. The maximum Gasteiger partial charge on any atom is 0.185 e. The van der Waals surface area contributed by atoms with Gasteiger partial charge in [0.2, 0.25) is 0 Å². The van der Waals surface area contributed by atoms with Crippen LogP contribution in [-0.2, 0) is 0 Å². The third-order valence-electron chi connectivity index (χ3n) is 4.74. The second-order valence-corrected chi connectivity index (χ2v) is 6.48. The van der Waals surface area contributed by atoms with Crippen LogP contribution >= 0.6 is 0 Å². The van der Waals surface area contributed by atoms with E-state index in [0.29, 0.717) is 23.3 Å². The van der Waals surface area contributed by atoms with Gasteiger partial charge in [-0.1, -0.05) is 24.3 Å². The zero-order valence-corrected chi connectivity index (χ0v) is 14.5. The molecule has 134 valence electrons. The molecule has 2 aromatic carbocycles. The fourth-order valence-corrected chi connectivity index (χ4v) is 3.34. The number of hydrogen-bond donors (Lipinski definition) is 1. The highest BCUT2D eigenvalue weighted by Gasteiger charge is 2.32. The summed E-state index contributed by atoms with van der Waals surface area (Å²) in [5.41, 5.74) is 5.24. The van der Waals surface area contributed by atoms with Crippen molar-refractivity contribution in [2.75, 3.05) is 26.2 Å². The largest absolute Gasteiger partial charge is 0.526 e. The Morgan fingerprint density at radius 1 is 1.08 bits per heavy atom. The van der Waals surface area contributed by atoms with Gasteiger partial charge in [-0.05, 0) is 35.4 Å². The van der Waals surface area contributed by atoms with Crippen LogP contribution in [0.4, 0.5) is 4.79 Å². The standard InChI is InChI=1S/C20H21N3O3/c21-15-16-3-5-17(6-4-16)18-7-9-19(10-8-18)26-14-13-23(22-20(24)25)11-1-2-12-23/h3-10,22H,1-2,11-14H2. The van der Waals surface area contributed by atoms with Crippen molar-refractivity contribution in [3.05, 3.63) is 54.1 Å². The maximum atomic E-state index is 10.9. The molecular weight excluding hydrogens is 330 g/mol. The first-order chi connectivity index (χ1) is 12.6. The van der Waals surface area contributed by atoms with Gasteiger partial charge in [0, 0.05) is 12.8 Å². The second-order valence-electron chi connectivity index (χ2n) is 6.48. The summed E-state index contributed by atoms with van der Waals surface area (Å²) in [4.78, 5) is 10.9. The SMILES string of the molecule is N#Cc1ccc(-c2ccc(OCC[N+]3(NC(=O)[O-])CCCC3)cc2)cc1. The van der Waals surface area contributed by atoms with Crippen LogP contribution in [0.5, 0.6) is 5.75 Å². The van der Waals surface area contributed by atoms with Crippen LogP contribution in [0.1, 0.15) is 18.4 Å². The van der Waals surface area contributed by atoms with E-state index in [1.165, 1.54) is 0 Å². The van der Waals surface area contributed by atoms with E-state index >= 15 is 0 Å². The molecule has 1 aliphatic rings. The first-order valence-corrected chi connectivity index (χ1v) is 8.69. The molecule has 6 heteroatoms. The van der Waals surface area contributed by atoms with Crippen molar-refractivity contribution in [1.82, 2.24) is 5.43 Å². The molecule has 6 nitrogen and oxygen atoms in total. The molecule has 1 amide bonds. The van der Waals surface area contributed by atoms with Crippen molar-refractivity contribution in [3.63, 3.8) is 0 Å². The first-order valence-electron chi connectivity index (χ1n) is 8.69. The summed E-state index contributed by atoms with van der Waals surface area (Å²) in [6.07, 6.45) is 0.762. The molecule has 1 aliphatic heterocycles. The molecule has 0 aromatic heterocycles. The zero-order chi connectivity index (χ0) is 18.4. The molecule has 3 rings (SSSR count). The van der Waals surface area contributed by atoms with Crippen molar-refractivity contribution in [2.45, 2.75) is 12.8 Å². The summed E-state index contributed by atoms with van der Waals surface area (Å²) >= 11 is 0. The van der Waals surface area contributed by atoms with Crippen LogP contribution in [0, 0.1) is 11.3 Å². The van der Waals surface area contributed by atoms with Gasteiger partial charge in [-0.15, -0.1) is 0 Å². The molecule has 0 bridgehead atoms. The number of nitrogens with one attached hydrogen (secondary N) is 1. The average molecular weight is 351 g/mol. The third-order valence-corrected chi connectivity index (χ3v) is 4.74. The van der Waals surface area contributed by atoms with E-state index in [1.54, 1.807) is 12.1 Å². The Kier molecular flexibility index (Phi) is 5.40. The van der Waals surface area contributed by atoms with Crippen molar-refractivity contribution in [1.29, 1.82) is 5.26 Å². The van der Waals surface area contributed by atoms with Crippen molar-refractivity contribution in [2.24, 2.45) is 0 Å². The molecule has 0 spiro atoms. The minimum Gasteiger partial charge on any atom is -0.526 e. The van der Waals surface area contributed by atoms with E-state index in [1.807, 2.05) is 36.4 Å². The molecular formula is C20H21N3O3. The molecule has 1 heterocycles. The van der Waals surface area contributed by atoms with E-state index in [-0.39, 0.29) is 0 Å². The number of rotatable bonds is 6. The van der Waals surface area contributed by atoms with Gasteiger partial charge in [0.15, 0.2) is 6.09 Å². The minimum absolute atomic E-state index is 0.311. The Labute approximate surface area is 152 Å². The first kappa shape index (κ1) is 17.8. The highest BCUT2D eigenvalue weighted by atomic mass is 16.5. The molecule has 0 atom stereocenters. The number of likely N-dealkylation sites (tertiary alicyclic amines) is 1. The third kappa shape index (κ3) is 4.32. The van der Waals surface area contributed by atoms with E-state index in [0.717, 1.165) is 42.8 Å². The molecule has 0 saturated carbocycles. The van der Waals surface area contributed by atoms with Gasteiger partial charge in [-0.3, -0.25) is 0 Å². The van der Waals surface area contributed by atoms with Gasteiger partial charge < -0.3 is 14.6 Å². The van der Waals surface area contributed by atoms with Crippen LogP contribution in [0.2, 0.25) is 0 Å². The predicted molar refractivity (Wildman–Crippen MR) is 94.7 cm³/mol. The van der Waals surface area contributed by atoms with Crippen LogP contribution in [0.15, 0.2) is 48.5 Å². The summed E-state index contributed by atoms with van der Waals surface area (Å²) in [6, 6.07) is 17.3. The predicted octanol–water partition coefficient (Wildman–Crippen LogP) is 2.06. The van der Waals surface area contributed by atoms with E-state index in [2.05, 4.69) is 11.5 Å². The zero-order valence-electron chi connectivity index (χ0n) is 14.5. The lowest BCUT2D eigenvalue weighted by Gasteiger charge is -2.34. The van der Waals surface area contributed by atoms with Crippen LogP contribution < -0.4 is 15.3 Å². The summed E-state index contributed by atoms with van der Waals surface area (Å²) in [7, 11) is 0. The maximum absolute atomic E-state index is 10.9. The van der Waals surface area contributed by atoms with Gasteiger partial charge >= 0.3 is 0 Å². The second kappa shape index (κ2) is 7.89. The van der Waals surface area contributed by atoms with Gasteiger partial charge in [-0.2, -0.15) is 5.26 Å². The molecule has 1 saturated heterocycles. The number of quaternary nitrogens is 1. The van der Waals surface area contributed by atoms with Gasteiger partial charge in [-0.25, -0.2) is 10.0 Å². The molecule has 0 unspecified atom stereocenters. The summed E-state index contributed by atoms with van der Waals surface area (Å²) in [5.74, 6) is 0.744. The molecule has 26 heavy (non-hydrogen) atoms. The monoisotopic (exact) mass is 351 g/mol. The van der Waals surface area contributed by atoms with Crippen LogP contribution in [0.3, 0.4) is 0 Å². The Balaban J connectivity index is 1.57. The number of nitriles is 1. The van der Waals surface area contributed by atoms with Crippen LogP contribution in [-0.4, -0.2) is 36.9 Å². The summed E-state index contributed by atoms with van der Waals surface area (Å²) in [6.45, 7) is 2.55. The molecule has 1 fully saturated rings. The van der Waals surface area contributed by atoms with E-state index < -0.39 is 6.09 Å². The average Bonchev–Trinajstić information content (AvgIpc) is 3.10. The molecule has 0 aliphatic carbocycles. The van der Waals surface area contributed by atoms with Crippen LogP contribution in [0.25, 0.3) is 11.1 Å². The minimum atomic E-state index is -1.24. The number of ether oxygens (including phenoxy) is 1. The number of carboxylic acid groups (broad SMARTS) is 1. The number of carbonyl (C=O) groups is 1. The smallest absolute Gasteiger partial charge is 0.185 e. The number of benzene rings is 2. The topological polar surface area (TPSA) is 85.2 Å². The quantitative estimate of drug-likeness (QED) is 0.807. The molecule has 1 N–H and O–H groups in total. The highest BCUT2D eigenvalue weighted by molar-refractivity contribution is 5.65. The van der Waals surface area contributed by atoms with Crippen molar-refractivity contribution >= 4 is 6.09 Å². The molecule has 2 aromatic rings. The number of carbonyl (C=O) groups excluding carboxylic acids is 1. The Bertz CT molecular complexity index is 789. The number of amides is 1. The lowest BCUT2D eigenvalue weighted by molar-refractivity contribution is -0.952. The fourth-order valence-electron chi connectivity index (χ4n) is 3.34. The summed E-state index contributed by atoms with van der Waals surface area (Å²) < 4.78 is 6.10. The van der Waals surface area contributed by atoms with Gasteiger partial charge in [0.25, 0.3) is 0 Å². The summed E-state index contributed by atoms with van der Waals surface area (Å²) in [5, 5.41) is 19.8. The lowest BCUT2D eigenvalue weighted by Crippen LogP contribution is -2.62. The van der Waals surface area contributed by atoms with Crippen molar-refractivity contribution in [3.8, 4) is 22.9 Å². The number of nitrogens with zero attached hydrogens (tertiary/aromatic N) is 2. The Hall–Kier alpha value is -3.04. The van der Waals surface area contributed by atoms with E-state index in [9.17, 15) is 9.90 Å². The lowest BCUT2D eigenvalue weighted by atomic mass is 10.0. The number of hydrogen-bond acceptors (Lipinski definition) is 4. The van der Waals surface area contributed by atoms with E-state index in [4.69, 9.17) is 10.00 Å². The normalized spacial score (nSPS) is 15.2. The fraction of sp³-hybridized carbons (Fsp3) is 0.300. The Morgan fingerprint density at radius 2 is 1.65 bits per heavy atom. The molecule has 0 radical (unpaired) electrons. The van der Waals surface area contributed by atoms with Gasteiger partial charge in [0.1, 0.15) is 32.0 Å². The van der Waals surface area contributed by atoms with Gasteiger partial charge in [0.05, 0.1) is 11.6 Å².